The van der Waals surface area contributed by atoms with Crippen molar-refractivity contribution in [3.8, 4) is 0 Å². The van der Waals surface area contributed by atoms with Gasteiger partial charge in [-0.15, -0.1) is 0 Å². The Morgan fingerprint density at radius 2 is 2.33 bits per heavy atom. The molecule has 0 aliphatic heterocycles. The van der Waals surface area contributed by atoms with Gasteiger partial charge in [-0.1, -0.05) is 6.08 Å². The molecule has 1 nitrogen and oxygen atoms in total. The highest BCUT2D eigenvalue weighted by Gasteiger charge is 1.82. The van der Waals surface area contributed by atoms with Gasteiger partial charge in [-0.2, -0.15) is 0 Å². The quantitative estimate of drug-likeness (QED) is 0.514. The molecule has 0 rings (SSSR count). The fourth-order valence-corrected chi connectivity index (χ4v) is 0.0745. The highest BCUT2D eigenvalue weighted by atomic mass is 19.1. The molecule has 0 aromatic heterocycles. The third-order valence-electron chi connectivity index (χ3n) is 0.399. The second-order valence-corrected chi connectivity index (χ2v) is 0.803. The van der Waals surface area contributed by atoms with E-state index in [2.05, 4.69) is 0 Å². The largest absolute Gasteiger partial charge is 0.383 e. The smallest absolute Gasteiger partial charge is 0.137 e. The van der Waals surface area contributed by atoms with E-state index >= 15 is 0 Å². The molecular formula is C4H6FO. The molecule has 1 radical (unpaired) electrons. The molecule has 35 valence electrons. The van der Waals surface area contributed by atoms with E-state index in [4.69, 9.17) is 5.11 Å². The van der Waals surface area contributed by atoms with Crippen molar-refractivity contribution in [2.24, 2.45) is 0 Å². The summed E-state index contributed by atoms with van der Waals surface area (Å²) in [6, 6.07) is 0. The van der Waals surface area contributed by atoms with Crippen LogP contribution in [-0.4, -0.2) is 5.11 Å². The summed E-state index contributed by atoms with van der Waals surface area (Å²) in [5, 5.41) is 7.77. The zero-order valence-corrected chi connectivity index (χ0v) is 3.48. The van der Waals surface area contributed by atoms with Crippen molar-refractivity contribution in [3.63, 3.8) is 0 Å². The van der Waals surface area contributed by atoms with Crippen LogP contribution in [0, 0.1) is 6.61 Å². The number of halogens is 1. The predicted octanol–water partition coefficient (Wildman–Crippen LogP) is 1.39. The van der Waals surface area contributed by atoms with Gasteiger partial charge in [0.1, 0.15) is 12.4 Å². The van der Waals surface area contributed by atoms with Crippen molar-refractivity contribution in [1.82, 2.24) is 0 Å². The highest BCUT2D eigenvalue weighted by molar-refractivity contribution is 4.95. The molecule has 0 spiro atoms. The maximum Gasteiger partial charge on any atom is 0.137 e. The first-order valence-corrected chi connectivity index (χ1v) is 1.60. The number of allylic oxidation sites excluding steroid dienone is 1. The number of rotatable bonds is 1. The lowest BCUT2D eigenvalue weighted by Crippen LogP contribution is -1.68. The van der Waals surface area contributed by atoms with Gasteiger partial charge < -0.3 is 5.11 Å². The van der Waals surface area contributed by atoms with E-state index in [0.29, 0.717) is 6.61 Å². The summed E-state index contributed by atoms with van der Waals surface area (Å²) in [4.78, 5) is 0. The van der Waals surface area contributed by atoms with E-state index in [-0.39, 0.29) is 0 Å². The zero-order chi connectivity index (χ0) is 4.99. The Morgan fingerprint density at radius 1 is 1.83 bits per heavy atom. The summed E-state index contributed by atoms with van der Waals surface area (Å²) in [6.07, 6.45) is 1.17. The van der Waals surface area contributed by atoms with Crippen LogP contribution in [0.5, 0.6) is 0 Å². The van der Waals surface area contributed by atoms with Crippen molar-refractivity contribution in [2.75, 3.05) is 0 Å². The number of hydrogen-bond donors (Lipinski definition) is 1. The number of aliphatic hydroxyl groups is 1. The van der Waals surface area contributed by atoms with E-state index in [1.165, 1.54) is 13.0 Å². The second-order valence-electron chi connectivity index (χ2n) is 0.803. The normalized spacial score (nSPS) is 12.2. The minimum absolute atomic E-state index is 0.417. The maximum absolute atomic E-state index is 11.4. The summed E-state index contributed by atoms with van der Waals surface area (Å²) in [5.41, 5.74) is 0. The van der Waals surface area contributed by atoms with Gasteiger partial charge in [-0.3, -0.25) is 0 Å². The van der Waals surface area contributed by atoms with Gasteiger partial charge in [0.25, 0.3) is 0 Å². The summed E-state index contributed by atoms with van der Waals surface area (Å²) in [7, 11) is 0. The standard InChI is InChI=1S/C4H6FO/c1-2-4(5)3-6/h2-3,6H,1H3/b4-2-. The van der Waals surface area contributed by atoms with Crippen LogP contribution in [0.15, 0.2) is 11.9 Å². The Bertz CT molecular complexity index is 58.6. The maximum atomic E-state index is 11.4. The van der Waals surface area contributed by atoms with Crippen molar-refractivity contribution in [1.29, 1.82) is 0 Å². The van der Waals surface area contributed by atoms with Crippen molar-refractivity contribution in [2.45, 2.75) is 6.92 Å². The van der Waals surface area contributed by atoms with Crippen molar-refractivity contribution in [3.05, 3.63) is 18.5 Å². The molecule has 0 bridgehead atoms. The third-order valence-corrected chi connectivity index (χ3v) is 0.399. The first-order chi connectivity index (χ1) is 2.81. The Hall–Kier alpha value is -0.370. The second kappa shape index (κ2) is 2.85. The van der Waals surface area contributed by atoms with Gasteiger partial charge in [0.15, 0.2) is 0 Å². The molecule has 0 saturated carbocycles. The minimum atomic E-state index is -0.602. The van der Waals surface area contributed by atoms with Crippen LogP contribution in [-0.2, 0) is 0 Å². The molecule has 0 atom stereocenters. The van der Waals surface area contributed by atoms with Crippen molar-refractivity contribution >= 4 is 0 Å². The van der Waals surface area contributed by atoms with Crippen molar-refractivity contribution < 1.29 is 9.50 Å². The average molecular weight is 89.1 g/mol. The van der Waals surface area contributed by atoms with E-state index in [1.807, 2.05) is 0 Å². The molecule has 1 N–H and O–H groups in total. The van der Waals surface area contributed by atoms with E-state index in [9.17, 15) is 4.39 Å². The molecule has 0 heterocycles. The number of aliphatic hydroxyl groups excluding tert-OH is 1. The van der Waals surface area contributed by atoms with E-state index in [0.717, 1.165) is 0 Å². The fourth-order valence-electron chi connectivity index (χ4n) is 0.0745. The molecular weight excluding hydrogens is 83.0 g/mol. The van der Waals surface area contributed by atoms with Gasteiger partial charge in [0.2, 0.25) is 0 Å². The van der Waals surface area contributed by atoms with Gasteiger partial charge in [0, 0.05) is 0 Å². The molecule has 0 aromatic rings. The first kappa shape index (κ1) is 5.63. The molecule has 0 amide bonds. The summed E-state index contributed by atoms with van der Waals surface area (Å²) >= 11 is 0. The van der Waals surface area contributed by atoms with Gasteiger partial charge >= 0.3 is 0 Å². The molecule has 6 heavy (non-hydrogen) atoms. The molecule has 0 aliphatic carbocycles. The lowest BCUT2D eigenvalue weighted by Gasteiger charge is -1.78. The zero-order valence-electron chi connectivity index (χ0n) is 3.48. The topological polar surface area (TPSA) is 20.2 Å². The predicted molar refractivity (Wildman–Crippen MR) is 21.1 cm³/mol. The fraction of sp³-hybridized carbons (Fsp3) is 0.250. The molecule has 0 fully saturated rings. The number of hydrogen-bond acceptors (Lipinski definition) is 1. The Morgan fingerprint density at radius 3 is 2.33 bits per heavy atom. The Kier molecular flexibility index (Phi) is 2.67. The average Bonchev–Trinajstić information content (AvgIpc) is 1.65. The van der Waals surface area contributed by atoms with Crippen LogP contribution in [0.4, 0.5) is 4.39 Å². The lowest BCUT2D eigenvalue weighted by atomic mass is 10.5. The molecule has 2 heteroatoms. The molecule has 0 unspecified atom stereocenters. The monoisotopic (exact) mass is 89.0 g/mol. The van der Waals surface area contributed by atoms with Gasteiger partial charge in [-0.05, 0) is 6.92 Å². The summed E-state index contributed by atoms with van der Waals surface area (Å²) < 4.78 is 11.4. The molecule has 0 saturated heterocycles. The van der Waals surface area contributed by atoms with Gasteiger partial charge in [-0.25, -0.2) is 4.39 Å². The first-order valence-electron chi connectivity index (χ1n) is 1.60. The molecule has 0 aromatic carbocycles. The van der Waals surface area contributed by atoms with Crippen LogP contribution < -0.4 is 0 Å². The van der Waals surface area contributed by atoms with E-state index in [1.54, 1.807) is 0 Å². The van der Waals surface area contributed by atoms with Crippen LogP contribution in [0.2, 0.25) is 0 Å². The van der Waals surface area contributed by atoms with E-state index < -0.39 is 5.83 Å². The van der Waals surface area contributed by atoms with Crippen LogP contribution in [0.1, 0.15) is 6.92 Å². The lowest BCUT2D eigenvalue weighted by molar-refractivity contribution is 0.376. The molecule has 0 aliphatic rings. The Balaban J connectivity index is 3.22. The Labute approximate surface area is 36.1 Å². The van der Waals surface area contributed by atoms with Crippen LogP contribution in [0.25, 0.3) is 0 Å². The minimum Gasteiger partial charge on any atom is -0.383 e. The SMILES string of the molecule is C/C=C(\F)[CH]O. The third kappa shape index (κ3) is 1.91. The van der Waals surface area contributed by atoms with Gasteiger partial charge in [0.05, 0.1) is 0 Å². The highest BCUT2D eigenvalue weighted by Crippen LogP contribution is 1.94. The van der Waals surface area contributed by atoms with Crippen LogP contribution >= 0.6 is 0 Å². The van der Waals surface area contributed by atoms with Crippen LogP contribution in [0.3, 0.4) is 0 Å². The summed E-state index contributed by atoms with van der Waals surface area (Å²) in [6.45, 7) is 1.92. The summed E-state index contributed by atoms with van der Waals surface area (Å²) in [5.74, 6) is -0.602.